The summed E-state index contributed by atoms with van der Waals surface area (Å²) in [6, 6.07) is 0. The van der Waals surface area contributed by atoms with Crippen LogP contribution in [0, 0.1) is 0 Å². The molecule has 24 heavy (non-hydrogen) atoms. The number of imide groups is 1. The molecule has 1 fully saturated rings. The summed E-state index contributed by atoms with van der Waals surface area (Å²) in [6.07, 6.45) is 11.8. The van der Waals surface area contributed by atoms with Gasteiger partial charge in [0.25, 0.3) is 0 Å². The summed E-state index contributed by atoms with van der Waals surface area (Å²) in [4.78, 5) is 20.2. The van der Waals surface area contributed by atoms with Crippen LogP contribution in [-0.2, 0) is 9.59 Å². The first-order valence-corrected chi connectivity index (χ1v) is 10.2. The Morgan fingerprint density at radius 2 is 0.958 bits per heavy atom. The van der Waals surface area contributed by atoms with E-state index in [9.17, 15) is 9.59 Å². The quantitative estimate of drug-likeness (QED) is 0.422. The largest absolute Gasteiger partial charge is 0.324 e. The zero-order valence-corrected chi connectivity index (χ0v) is 16.7. The fourth-order valence-electron chi connectivity index (χ4n) is 3.15. The molecule has 0 radical (unpaired) electrons. The molecular formula is C20H41N2O2+. The fraction of sp³-hybridized carbons (Fsp3) is 0.900. The number of amides is 2. The van der Waals surface area contributed by atoms with Gasteiger partial charge in [-0.05, 0) is 25.7 Å². The molecular weight excluding hydrogens is 300 g/mol. The molecule has 0 aromatic rings. The van der Waals surface area contributed by atoms with Crippen LogP contribution >= 0.6 is 0 Å². The topological polar surface area (TPSA) is 46.2 Å². The van der Waals surface area contributed by atoms with E-state index in [1.165, 1.54) is 82.0 Å². The lowest BCUT2D eigenvalue weighted by Crippen LogP contribution is -2.50. The molecule has 142 valence electrons. The number of nitrogens with zero attached hydrogens (tertiary/aromatic N) is 1. The number of nitrogens with one attached hydrogen (secondary N) is 1. The van der Waals surface area contributed by atoms with E-state index in [2.05, 4.69) is 33.0 Å². The molecule has 1 rings (SSSR count). The maximum Gasteiger partial charge on any atom is 0.227 e. The molecule has 2 amide bonds. The normalized spacial score (nSPS) is 14.3. The van der Waals surface area contributed by atoms with E-state index in [0.717, 1.165) is 0 Å². The molecule has 1 aliphatic rings. The first-order valence-electron chi connectivity index (χ1n) is 10.2. The highest BCUT2D eigenvalue weighted by molar-refractivity contribution is 6.01. The summed E-state index contributed by atoms with van der Waals surface area (Å²) in [6.45, 7) is 15.0. The van der Waals surface area contributed by atoms with Crippen molar-refractivity contribution in [2.45, 2.75) is 91.9 Å². The Balaban J connectivity index is 0.000000620. The van der Waals surface area contributed by atoms with Crippen molar-refractivity contribution in [3.05, 3.63) is 0 Å². The highest BCUT2D eigenvalue weighted by Gasteiger charge is 2.24. The predicted octanol–water partition coefficient (Wildman–Crippen LogP) is 4.43. The van der Waals surface area contributed by atoms with E-state index in [1.807, 2.05) is 0 Å². The van der Waals surface area contributed by atoms with E-state index in [0.29, 0.717) is 12.8 Å². The average Bonchev–Trinajstić information content (AvgIpc) is 2.97. The predicted molar refractivity (Wildman–Crippen MR) is 102 cm³/mol. The van der Waals surface area contributed by atoms with E-state index in [4.69, 9.17) is 0 Å². The van der Waals surface area contributed by atoms with Crippen molar-refractivity contribution in [2.75, 3.05) is 26.2 Å². The van der Waals surface area contributed by atoms with Gasteiger partial charge in [0, 0.05) is 12.8 Å². The van der Waals surface area contributed by atoms with Gasteiger partial charge in [-0.2, -0.15) is 0 Å². The number of carbonyl (C=O) groups is 2. The summed E-state index contributed by atoms with van der Waals surface area (Å²) in [7, 11) is 0. The molecule has 0 aromatic heterocycles. The maximum absolute atomic E-state index is 10.1. The number of carbonyl (C=O) groups excluding carboxylic acids is 2. The van der Waals surface area contributed by atoms with Crippen molar-refractivity contribution in [3.63, 3.8) is 0 Å². The van der Waals surface area contributed by atoms with Crippen LogP contribution in [0.15, 0.2) is 0 Å². The molecule has 0 aromatic carbocycles. The Kier molecular flexibility index (Phi) is 13.9. The summed E-state index contributed by atoms with van der Waals surface area (Å²) >= 11 is 0. The molecule has 0 aliphatic carbocycles. The fourth-order valence-corrected chi connectivity index (χ4v) is 3.15. The van der Waals surface area contributed by atoms with E-state index >= 15 is 0 Å². The Bertz CT molecular complexity index is 291. The van der Waals surface area contributed by atoms with Crippen LogP contribution in [0.5, 0.6) is 0 Å². The molecule has 1 aliphatic heterocycles. The van der Waals surface area contributed by atoms with E-state index < -0.39 is 0 Å². The SMILES string of the molecule is CCCC[N+](CCCC)(CCCC)CCCC.O=C1CCC(=O)N1. The molecule has 0 spiro atoms. The van der Waals surface area contributed by atoms with Gasteiger partial charge < -0.3 is 4.48 Å². The zero-order chi connectivity index (χ0) is 18.3. The Morgan fingerprint density at radius 1 is 0.667 bits per heavy atom. The van der Waals surface area contributed by atoms with Crippen LogP contribution in [0.1, 0.15) is 91.9 Å². The van der Waals surface area contributed by atoms with Crippen LogP contribution in [0.4, 0.5) is 0 Å². The number of rotatable bonds is 12. The van der Waals surface area contributed by atoms with Crippen molar-refractivity contribution < 1.29 is 14.1 Å². The maximum atomic E-state index is 10.1. The zero-order valence-electron chi connectivity index (χ0n) is 16.7. The summed E-state index contributed by atoms with van der Waals surface area (Å²) < 4.78 is 1.42. The number of hydrogen-bond donors (Lipinski definition) is 1. The summed E-state index contributed by atoms with van der Waals surface area (Å²) in [5.41, 5.74) is 0. The van der Waals surface area contributed by atoms with Gasteiger partial charge in [0.05, 0.1) is 26.2 Å². The molecule has 0 atom stereocenters. The first kappa shape index (κ1) is 23.1. The number of unbranched alkanes of at least 4 members (excludes halogenated alkanes) is 4. The Morgan fingerprint density at radius 3 is 1.12 bits per heavy atom. The number of hydrogen-bond acceptors (Lipinski definition) is 2. The molecule has 0 unspecified atom stereocenters. The second-order valence-electron chi connectivity index (χ2n) is 7.12. The third-order valence-electron chi connectivity index (χ3n) is 4.80. The molecule has 0 saturated carbocycles. The standard InChI is InChI=1S/C16H36N.C4H5NO2/c1-5-9-13-17(14-10-6-2,15-11-7-3)16-12-8-4;6-3-1-2-4(7)5-3/h5-16H2,1-4H3;1-2H2,(H,5,6,7)/q+1;. The van der Waals surface area contributed by atoms with Crippen LogP contribution in [0.3, 0.4) is 0 Å². The lowest BCUT2D eigenvalue weighted by molar-refractivity contribution is -0.929. The molecule has 1 heterocycles. The minimum absolute atomic E-state index is 0.148. The van der Waals surface area contributed by atoms with E-state index in [1.54, 1.807) is 0 Å². The van der Waals surface area contributed by atoms with Gasteiger partial charge in [-0.25, -0.2) is 0 Å². The van der Waals surface area contributed by atoms with Crippen molar-refractivity contribution in [2.24, 2.45) is 0 Å². The average molecular weight is 342 g/mol. The van der Waals surface area contributed by atoms with Gasteiger partial charge in [0.1, 0.15) is 0 Å². The molecule has 1 N–H and O–H groups in total. The van der Waals surface area contributed by atoms with Crippen LogP contribution in [0.2, 0.25) is 0 Å². The van der Waals surface area contributed by atoms with Crippen molar-refractivity contribution in [1.82, 2.24) is 5.32 Å². The number of quaternary nitrogens is 1. The minimum Gasteiger partial charge on any atom is -0.324 e. The summed E-state index contributed by atoms with van der Waals surface area (Å²) in [5, 5.41) is 2.14. The smallest absolute Gasteiger partial charge is 0.227 e. The van der Waals surface area contributed by atoms with E-state index in [-0.39, 0.29) is 11.8 Å². The highest BCUT2D eigenvalue weighted by atomic mass is 16.2. The lowest BCUT2D eigenvalue weighted by Gasteiger charge is -2.39. The Labute approximate surface area is 150 Å². The molecule has 0 bridgehead atoms. The van der Waals surface area contributed by atoms with Gasteiger partial charge in [-0.1, -0.05) is 53.4 Å². The van der Waals surface area contributed by atoms with Crippen LogP contribution < -0.4 is 5.32 Å². The van der Waals surface area contributed by atoms with Crippen molar-refractivity contribution in [1.29, 1.82) is 0 Å². The molecule has 1 saturated heterocycles. The van der Waals surface area contributed by atoms with Crippen molar-refractivity contribution in [3.8, 4) is 0 Å². The second-order valence-corrected chi connectivity index (χ2v) is 7.12. The Hall–Kier alpha value is -0.900. The van der Waals surface area contributed by atoms with Gasteiger partial charge in [0.15, 0.2) is 0 Å². The van der Waals surface area contributed by atoms with Crippen LogP contribution in [0.25, 0.3) is 0 Å². The third-order valence-corrected chi connectivity index (χ3v) is 4.80. The highest BCUT2D eigenvalue weighted by Crippen LogP contribution is 2.16. The molecule has 4 nitrogen and oxygen atoms in total. The third kappa shape index (κ3) is 10.8. The van der Waals surface area contributed by atoms with Gasteiger partial charge in [0.2, 0.25) is 11.8 Å². The van der Waals surface area contributed by atoms with Crippen LogP contribution in [-0.4, -0.2) is 42.5 Å². The second kappa shape index (κ2) is 14.4. The van der Waals surface area contributed by atoms with Gasteiger partial charge in [-0.15, -0.1) is 0 Å². The molecule has 4 heteroatoms. The van der Waals surface area contributed by atoms with Gasteiger partial charge in [-0.3, -0.25) is 14.9 Å². The van der Waals surface area contributed by atoms with Crippen molar-refractivity contribution >= 4 is 11.8 Å². The summed E-state index contributed by atoms with van der Waals surface area (Å²) in [5.74, 6) is -0.296. The lowest BCUT2D eigenvalue weighted by atomic mass is 10.1. The first-order chi connectivity index (χ1) is 11.5. The van der Waals surface area contributed by atoms with Gasteiger partial charge >= 0.3 is 0 Å². The monoisotopic (exact) mass is 341 g/mol. The minimum atomic E-state index is -0.148.